The van der Waals surface area contributed by atoms with E-state index in [9.17, 15) is 0 Å². The van der Waals surface area contributed by atoms with Crippen LogP contribution >= 0.6 is 11.6 Å². The highest BCUT2D eigenvalue weighted by atomic mass is 35.5. The summed E-state index contributed by atoms with van der Waals surface area (Å²) in [7, 11) is 0. The average Bonchev–Trinajstić information content (AvgIpc) is 2.37. The predicted octanol–water partition coefficient (Wildman–Crippen LogP) is 3.06. The Morgan fingerprint density at radius 1 is 1.26 bits per heavy atom. The molecule has 1 N–H and O–H groups in total. The Hall–Kier alpha value is -0.770. The molecule has 19 heavy (non-hydrogen) atoms. The highest BCUT2D eigenvalue weighted by Gasteiger charge is 2.15. The van der Waals surface area contributed by atoms with Gasteiger partial charge in [0, 0.05) is 25.2 Å². The van der Waals surface area contributed by atoms with Crippen molar-refractivity contribution in [3.8, 4) is 0 Å². The standard InChI is InChI=1S/C15H23ClN2O/c1-15(2,3)17-11-12-4-5-14(13(16)10-12)18-6-8-19-9-7-18/h4-5,10,17H,6-9,11H2,1-3H3. The van der Waals surface area contributed by atoms with Crippen molar-refractivity contribution in [2.24, 2.45) is 0 Å². The van der Waals surface area contributed by atoms with E-state index in [1.165, 1.54) is 5.56 Å². The first-order valence-electron chi connectivity index (χ1n) is 6.82. The largest absolute Gasteiger partial charge is 0.378 e. The maximum Gasteiger partial charge on any atom is 0.0642 e. The van der Waals surface area contributed by atoms with Gasteiger partial charge in [-0.25, -0.2) is 0 Å². The molecule has 0 unspecified atom stereocenters. The number of rotatable bonds is 3. The molecule has 3 nitrogen and oxygen atoms in total. The lowest BCUT2D eigenvalue weighted by Gasteiger charge is -2.30. The minimum Gasteiger partial charge on any atom is -0.378 e. The van der Waals surface area contributed by atoms with E-state index in [0.717, 1.165) is 43.6 Å². The zero-order valence-electron chi connectivity index (χ0n) is 12.0. The third-order valence-electron chi connectivity index (χ3n) is 3.19. The van der Waals surface area contributed by atoms with Crippen molar-refractivity contribution in [2.75, 3.05) is 31.2 Å². The summed E-state index contributed by atoms with van der Waals surface area (Å²) in [5.41, 5.74) is 2.46. The van der Waals surface area contributed by atoms with E-state index < -0.39 is 0 Å². The number of halogens is 1. The molecule has 4 heteroatoms. The van der Waals surface area contributed by atoms with Gasteiger partial charge >= 0.3 is 0 Å². The van der Waals surface area contributed by atoms with Crippen molar-refractivity contribution in [3.05, 3.63) is 28.8 Å². The van der Waals surface area contributed by atoms with Crippen LogP contribution in [0.3, 0.4) is 0 Å². The molecule has 0 aromatic heterocycles. The van der Waals surface area contributed by atoms with Crippen molar-refractivity contribution in [1.29, 1.82) is 0 Å². The Morgan fingerprint density at radius 2 is 1.95 bits per heavy atom. The topological polar surface area (TPSA) is 24.5 Å². The van der Waals surface area contributed by atoms with Crippen molar-refractivity contribution < 1.29 is 4.74 Å². The maximum atomic E-state index is 6.40. The molecule has 0 spiro atoms. The van der Waals surface area contributed by atoms with E-state index in [2.05, 4.69) is 49.2 Å². The monoisotopic (exact) mass is 282 g/mol. The van der Waals surface area contributed by atoms with Crippen LogP contribution in [0.2, 0.25) is 5.02 Å². The molecule has 0 bridgehead atoms. The Morgan fingerprint density at radius 3 is 2.53 bits per heavy atom. The minimum absolute atomic E-state index is 0.120. The lowest BCUT2D eigenvalue weighted by atomic mass is 10.1. The predicted molar refractivity (Wildman–Crippen MR) is 81.1 cm³/mol. The van der Waals surface area contributed by atoms with Gasteiger partial charge in [-0.3, -0.25) is 0 Å². The molecule has 1 aromatic rings. The Bertz CT molecular complexity index is 423. The van der Waals surface area contributed by atoms with E-state index in [-0.39, 0.29) is 5.54 Å². The van der Waals surface area contributed by atoms with Crippen LogP contribution in [-0.4, -0.2) is 31.8 Å². The van der Waals surface area contributed by atoms with Crippen molar-refractivity contribution in [3.63, 3.8) is 0 Å². The first-order chi connectivity index (χ1) is 8.96. The molecule has 0 radical (unpaired) electrons. The summed E-state index contributed by atoms with van der Waals surface area (Å²) in [6.07, 6.45) is 0. The van der Waals surface area contributed by atoms with Crippen LogP contribution in [-0.2, 0) is 11.3 Å². The highest BCUT2D eigenvalue weighted by Crippen LogP contribution is 2.27. The Balaban J connectivity index is 2.04. The number of nitrogens with zero attached hydrogens (tertiary/aromatic N) is 1. The molecule has 1 fully saturated rings. The molecule has 0 aliphatic carbocycles. The van der Waals surface area contributed by atoms with Gasteiger partial charge in [0.25, 0.3) is 0 Å². The molecule has 1 heterocycles. The molecule has 0 saturated carbocycles. The van der Waals surface area contributed by atoms with Crippen LogP contribution in [0, 0.1) is 0 Å². The summed E-state index contributed by atoms with van der Waals surface area (Å²) in [4.78, 5) is 2.28. The van der Waals surface area contributed by atoms with E-state index >= 15 is 0 Å². The summed E-state index contributed by atoms with van der Waals surface area (Å²) in [5.74, 6) is 0. The zero-order chi connectivity index (χ0) is 13.9. The number of hydrogen-bond acceptors (Lipinski definition) is 3. The summed E-state index contributed by atoms with van der Waals surface area (Å²) in [6.45, 7) is 10.7. The second-order valence-electron chi connectivity index (χ2n) is 5.99. The first-order valence-corrected chi connectivity index (χ1v) is 7.20. The normalized spacial score (nSPS) is 16.7. The fourth-order valence-electron chi connectivity index (χ4n) is 2.09. The van der Waals surface area contributed by atoms with Crippen molar-refractivity contribution in [1.82, 2.24) is 5.32 Å². The molecule has 1 aliphatic rings. The summed E-state index contributed by atoms with van der Waals surface area (Å²) >= 11 is 6.40. The second kappa shape index (κ2) is 6.12. The number of nitrogens with one attached hydrogen (secondary N) is 1. The van der Waals surface area contributed by atoms with E-state index in [1.54, 1.807) is 0 Å². The third-order valence-corrected chi connectivity index (χ3v) is 3.49. The second-order valence-corrected chi connectivity index (χ2v) is 6.40. The van der Waals surface area contributed by atoms with Gasteiger partial charge in [0.2, 0.25) is 0 Å². The number of hydrogen-bond donors (Lipinski definition) is 1. The maximum absolute atomic E-state index is 6.40. The smallest absolute Gasteiger partial charge is 0.0642 e. The van der Waals surface area contributed by atoms with Gasteiger partial charge < -0.3 is 15.0 Å². The number of ether oxygens (including phenoxy) is 1. The molecule has 106 valence electrons. The van der Waals surface area contributed by atoms with Crippen LogP contribution in [0.25, 0.3) is 0 Å². The molecule has 0 amide bonds. The first kappa shape index (κ1) is 14.6. The number of anilines is 1. The van der Waals surface area contributed by atoms with E-state index in [1.807, 2.05) is 0 Å². The van der Waals surface area contributed by atoms with Gasteiger partial charge in [0.05, 0.1) is 23.9 Å². The van der Waals surface area contributed by atoms with E-state index in [0.29, 0.717) is 0 Å². The number of benzene rings is 1. The van der Waals surface area contributed by atoms with Crippen LogP contribution in [0.15, 0.2) is 18.2 Å². The molecule has 1 aliphatic heterocycles. The van der Waals surface area contributed by atoms with Gasteiger partial charge in [-0.1, -0.05) is 17.7 Å². The van der Waals surface area contributed by atoms with Gasteiger partial charge in [-0.2, -0.15) is 0 Å². The van der Waals surface area contributed by atoms with Crippen LogP contribution in [0.1, 0.15) is 26.3 Å². The summed E-state index contributed by atoms with van der Waals surface area (Å²) in [6, 6.07) is 6.33. The van der Waals surface area contributed by atoms with Gasteiger partial charge in [0.1, 0.15) is 0 Å². The lowest BCUT2D eigenvalue weighted by Crippen LogP contribution is -2.36. The Kier molecular flexibility index (Phi) is 4.71. The van der Waals surface area contributed by atoms with Gasteiger partial charge in [-0.05, 0) is 38.5 Å². The lowest BCUT2D eigenvalue weighted by molar-refractivity contribution is 0.122. The fraction of sp³-hybridized carbons (Fsp3) is 0.600. The van der Waals surface area contributed by atoms with Crippen molar-refractivity contribution in [2.45, 2.75) is 32.9 Å². The van der Waals surface area contributed by atoms with Gasteiger partial charge in [0.15, 0.2) is 0 Å². The number of morpholine rings is 1. The minimum atomic E-state index is 0.120. The average molecular weight is 283 g/mol. The molecule has 1 saturated heterocycles. The molecule has 2 rings (SSSR count). The Labute approximate surface area is 120 Å². The molecular weight excluding hydrogens is 260 g/mol. The van der Waals surface area contributed by atoms with Crippen LogP contribution in [0.5, 0.6) is 0 Å². The van der Waals surface area contributed by atoms with Gasteiger partial charge in [-0.15, -0.1) is 0 Å². The molecular formula is C15H23ClN2O. The van der Waals surface area contributed by atoms with E-state index in [4.69, 9.17) is 16.3 Å². The zero-order valence-corrected chi connectivity index (χ0v) is 12.8. The van der Waals surface area contributed by atoms with Crippen LogP contribution < -0.4 is 10.2 Å². The van der Waals surface area contributed by atoms with Crippen LogP contribution in [0.4, 0.5) is 5.69 Å². The van der Waals surface area contributed by atoms with Crippen molar-refractivity contribution >= 4 is 17.3 Å². The summed E-state index contributed by atoms with van der Waals surface area (Å²) < 4.78 is 5.37. The fourth-order valence-corrected chi connectivity index (χ4v) is 2.41. The SMILES string of the molecule is CC(C)(C)NCc1ccc(N2CCOCC2)c(Cl)c1. The molecule has 1 aromatic carbocycles. The summed E-state index contributed by atoms with van der Waals surface area (Å²) in [5, 5.41) is 4.30. The quantitative estimate of drug-likeness (QED) is 0.922. The highest BCUT2D eigenvalue weighted by molar-refractivity contribution is 6.33. The third kappa shape index (κ3) is 4.37. The molecule has 0 atom stereocenters.